The SMILES string of the molecule is C[C@H](OCc1ccccc1)[C@H](C=O)NC(=O)[C@@]1(Cc2ccc(F)c(Br)c2)CC[C@H](NS(C)(=O)=O)C1. The van der Waals surface area contributed by atoms with Gasteiger partial charge in [-0.2, -0.15) is 0 Å². The van der Waals surface area contributed by atoms with Crippen molar-refractivity contribution in [3.05, 3.63) is 69.9 Å². The van der Waals surface area contributed by atoms with Crippen LogP contribution in [0.25, 0.3) is 0 Å². The number of nitrogens with one attached hydrogen (secondary N) is 2. The van der Waals surface area contributed by atoms with Gasteiger partial charge in [-0.15, -0.1) is 0 Å². The Bertz CT molecular complexity index is 1150. The zero-order valence-electron chi connectivity index (χ0n) is 19.7. The highest BCUT2D eigenvalue weighted by atomic mass is 79.9. The molecule has 0 radical (unpaired) electrons. The van der Waals surface area contributed by atoms with Crippen LogP contribution in [-0.2, 0) is 37.4 Å². The summed E-state index contributed by atoms with van der Waals surface area (Å²) in [4.78, 5) is 25.5. The minimum Gasteiger partial charge on any atom is -0.371 e. The number of halogens is 2. The molecule has 2 aromatic rings. The highest BCUT2D eigenvalue weighted by Gasteiger charge is 2.46. The maximum atomic E-state index is 13.8. The number of sulfonamides is 1. The third kappa shape index (κ3) is 7.67. The number of hydrogen-bond acceptors (Lipinski definition) is 5. The van der Waals surface area contributed by atoms with E-state index >= 15 is 0 Å². The first-order valence-electron chi connectivity index (χ1n) is 11.3. The normalized spacial score (nSPS) is 21.9. The molecule has 0 unspecified atom stereocenters. The molecule has 2 aromatic carbocycles. The molecule has 1 fully saturated rings. The lowest BCUT2D eigenvalue weighted by molar-refractivity contribution is -0.135. The second-order valence-electron chi connectivity index (χ2n) is 9.17. The highest BCUT2D eigenvalue weighted by Crippen LogP contribution is 2.42. The van der Waals surface area contributed by atoms with Crippen molar-refractivity contribution in [3.8, 4) is 0 Å². The van der Waals surface area contributed by atoms with Crippen LogP contribution in [0.5, 0.6) is 0 Å². The fraction of sp³-hybridized carbons (Fsp3) is 0.440. The van der Waals surface area contributed by atoms with E-state index in [2.05, 4.69) is 26.0 Å². The van der Waals surface area contributed by atoms with Crippen molar-refractivity contribution in [3.63, 3.8) is 0 Å². The van der Waals surface area contributed by atoms with Crippen LogP contribution in [0, 0.1) is 11.2 Å². The van der Waals surface area contributed by atoms with Crippen LogP contribution in [0.1, 0.15) is 37.3 Å². The molecule has 4 atom stereocenters. The van der Waals surface area contributed by atoms with Crippen LogP contribution in [0.3, 0.4) is 0 Å². The van der Waals surface area contributed by atoms with E-state index in [0.717, 1.165) is 17.4 Å². The van der Waals surface area contributed by atoms with E-state index in [-0.39, 0.29) is 29.8 Å². The van der Waals surface area contributed by atoms with Gasteiger partial charge in [-0.3, -0.25) is 4.79 Å². The summed E-state index contributed by atoms with van der Waals surface area (Å²) in [5.74, 6) is -0.774. The van der Waals surface area contributed by atoms with Crippen molar-refractivity contribution in [2.75, 3.05) is 6.26 Å². The van der Waals surface area contributed by atoms with E-state index in [9.17, 15) is 22.4 Å². The monoisotopic (exact) mass is 568 g/mol. The van der Waals surface area contributed by atoms with Crippen molar-refractivity contribution in [1.82, 2.24) is 10.0 Å². The predicted octanol–water partition coefficient (Wildman–Crippen LogP) is 3.51. The summed E-state index contributed by atoms with van der Waals surface area (Å²) in [6.45, 7) is 2.01. The predicted molar refractivity (Wildman–Crippen MR) is 135 cm³/mol. The van der Waals surface area contributed by atoms with Crippen LogP contribution in [0.2, 0.25) is 0 Å². The fourth-order valence-electron chi connectivity index (χ4n) is 4.49. The number of aldehydes is 1. The molecule has 10 heteroatoms. The number of benzene rings is 2. The molecule has 1 amide bonds. The van der Waals surface area contributed by atoms with Crippen molar-refractivity contribution in [2.45, 2.75) is 57.4 Å². The number of amides is 1. The second kappa shape index (κ2) is 11.7. The molecule has 7 nitrogen and oxygen atoms in total. The molecular formula is C25H30BrFN2O5S. The molecule has 1 aliphatic carbocycles. The summed E-state index contributed by atoms with van der Waals surface area (Å²) in [7, 11) is -3.46. The van der Waals surface area contributed by atoms with Gasteiger partial charge in [0.2, 0.25) is 15.9 Å². The lowest BCUT2D eigenvalue weighted by Gasteiger charge is -2.31. The van der Waals surface area contributed by atoms with Crippen LogP contribution in [-0.4, -0.2) is 45.1 Å². The van der Waals surface area contributed by atoms with E-state index in [1.54, 1.807) is 19.1 Å². The van der Waals surface area contributed by atoms with Gasteiger partial charge in [-0.05, 0) is 71.8 Å². The maximum absolute atomic E-state index is 13.8. The van der Waals surface area contributed by atoms with E-state index < -0.39 is 39.4 Å². The number of carbonyl (C=O) groups is 2. The van der Waals surface area contributed by atoms with E-state index in [1.807, 2.05) is 30.3 Å². The van der Waals surface area contributed by atoms with E-state index in [4.69, 9.17) is 4.74 Å². The largest absolute Gasteiger partial charge is 0.371 e. The van der Waals surface area contributed by atoms with Gasteiger partial charge in [0.15, 0.2) is 0 Å². The van der Waals surface area contributed by atoms with Gasteiger partial charge in [-0.1, -0.05) is 36.4 Å². The smallest absolute Gasteiger partial charge is 0.227 e. The van der Waals surface area contributed by atoms with E-state index in [1.165, 1.54) is 6.07 Å². The average Bonchev–Trinajstić information content (AvgIpc) is 3.20. The molecule has 1 aliphatic rings. The summed E-state index contributed by atoms with van der Waals surface area (Å²) in [5.41, 5.74) is 0.698. The zero-order chi connectivity index (χ0) is 25.6. The van der Waals surface area contributed by atoms with Crippen molar-refractivity contribution in [1.29, 1.82) is 0 Å². The Hall–Kier alpha value is -2.14. The Labute approximate surface area is 214 Å². The first-order valence-corrected chi connectivity index (χ1v) is 14.0. The third-order valence-electron chi connectivity index (χ3n) is 6.30. The highest BCUT2D eigenvalue weighted by molar-refractivity contribution is 9.10. The minimum atomic E-state index is -3.46. The van der Waals surface area contributed by atoms with Crippen LogP contribution in [0.4, 0.5) is 4.39 Å². The molecule has 2 N–H and O–H groups in total. The Morgan fingerprint density at radius 3 is 2.60 bits per heavy atom. The summed E-state index contributed by atoms with van der Waals surface area (Å²) in [5, 5.41) is 2.82. The van der Waals surface area contributed by atoms with Crippen molar-refractivity contribution >= 4 is 38.1 Å². The Morgan fingerprint density at radius 1 is 1.26 bits per heavy atom. The molecule has 0 aromatic heterocycles. The Kier molecular flexibility index (Phi) is 9.20. The molecule has 0 spiro atoms. The summed E-state index contributed by atoms with van der Waals surface area (Å²) in [6, 6.07) is 12.7. The van der Waals surface area contributed by atoms with E-state index in [0.29, 0.717) is 19.1 Å². The van der Waals surface area contributed by atoms with Crippen molar-refractivity contribution < 1.29 is 27.1 Å². The van der Waals surface area contributed by atoms with Gasteiger partial charge in [0.25, 0.3) is 0 Å². The van der Waals surface area contributed by atoms with Gasteiger partial charge in [0.05, 0.1) is 28.9 Å². The molecule has 1 saturated carbocycles. The molecule has 0 aliphatic heterocycles. The maximum Gasteiger partial charge on any atom is 0.227 e. The first-order chi connectivity index (χ1) is 16.5. The molecule has 3 rings (SSSR count). The number of rotatable bonds is 11. The molecule has 0 bridgehead atoms. The van der Waals surface area contributed by atoms with Gasteiger partial charge < -0.3 is 14.8 Å². The van der Waals surface area contributed by atoms with Crippen LogP contribution in [0.15, 0.2) is 53.0 Å². The Morgan fingerprint density at radius 2 is 1.97 bits per heavy atom. The standard InChI is InChI=1S/C25H30BrFN2O5S/c1-17(34-16-18-6-4-3-5-7-18)23(15-30)28-24(31)25(11-10-20(14-25)29-35(2,32)33)13-19-8-9-22(27)21(26)12-19/h3-9,12,15,17,20,23,29H,10-11,13-14,16H2,1-2H3,(H,28,31)/t17-,20-,23-,25+/m0/s1. The van der Waals surface area contributed by atoms with Gasteiger partial charge in [-0.25, -0.2) is 17.5 Å². The fourth-order valence-corrected chi connectivity index (χ4v) is 5.72. The van der Waals surface area contributed by atoms with Crippen LogP contribution < -0.4 is 10.0 Å². The number of hydrogen-bond donors (Lipinski definition) is 2. The lowest BCUT2D eigenvalue weighted by Crippen LogP contribution is -2.51. The molecule has 35 heavy (non-hydrogen) atoms. The first kappa shape index (κ1) is 27.4. The summed E-state index contributed by atoms with van der Waals surface area (Å²) >= 11 is 3.18. The number of carbonyl (C=O) groups excluding carboxylic acids is 2. The van der Waals surface area contributed by atoms with Gasteiger partial charge >= 0.3 is 0 Å². The molecular weight excluding hydrogens is 539 g/mol. The molecule has 190 valence electrons. The quantitative estimate of drug-likeness (QED) is 0.404. The minimum absolute atomic E-state index is 0.256. The Balaban J connectivity index is 1.77. The average molecular weight is 569 g/mol. The van der Waals surface area contributed by atoms with Crippen molar-refractivity contribution in [2.24, 2.45) is 5.41 Å². The molecule has 0 heterocycles. The number of ether oxygens (including phenoxy) is 1. The second-order valence-corrected chi connectivity index (χ2v) is 11.8. The van der Waals surface area contributed by atoms with Gasteiger partial charge in [0.1, 0.15) is 18.1 Å². The summed E-state index contributed by atoms with van der Waals surface area (Å²) < 4.78 is 46.0. The summed E-state index contributed by atoms with van der Waals surface area (Å²) in [6.07, 6.45) is 2.55. The van der Waals surface area contributed by atoms with Gasteiger partial charge in [0, 0.05) is 6.04 Å². The van der Waals surface area contributed by atoms with Crippen LogP contribution >= 0.6 is 15.9 Å². The topological polar surface area (TPSA) is 102 Å². The lowest BCUT2D eigenvalue weighted by atomic mass is 9.78. The molecule has 0 saturated heterocycles. The third-order valence-corrected chi connectivity index (χ3v) is 7.67. The zero-order valence-corrected chi connectivity index (χ0v) is 22.1.